The zero-order valence-electron chi connectivity index (χ0n) is 13.8. The molecule has 5 nitrogen and oxygen atoms in total. The van der Waals surface area contributed by atoms with E-state index < -0.39 is 16.0 Å². The Morgan fingerprint density at radius 1 is 1.04 bits per heavy atom. The van der Waals surface area contributed by atoms with Crippen molar-refractivity contribution in [2.24, 2.45) is 5.92 Å². The Labute approximate surface area is 148 Å². The van der Waals surface area contributed by atoms with Gasteiger partial charge in [0.1, 0.15) is 0 Å². The molecule has 0 atom stereocenters. The summed E-state index contributed by atoms with van der Waals surface area (Å²) in [5, 5.41) is 11.0. The molecule has 0 unspecified atom stereocenters. The summed E-state index contributed by atoms with van der Waals surface area (Å²) in [5.74, 6) is -0.915. The fourth-order valence-electron chi connectivity index (χ4n) is 3.23. The van der Waals surface area contributed by atoms with Crippen LogP contribution >= 0.6 is 0 Å². The van der Waals surface area contributed by atoms with Crippen LogP contribution < -0.4 is 5.11 Å². The van der Waals surface area contributed by atoms with Crippen molar-refractivity contribution in [2.45, 2.75) is 24.2 Å². The van der Waals surface area contributed by atoms with Gasteiger partial charge in [-0.1, -0.05) is 42.5 Å². The molecule has 3 rings (SSSR count). The van der Waals surface area contributed by atoms with Crippen LogP contribution in [0.3, 0.4) is 0 Å². The largest absolute Gasteiger partial charge is 0.545 e. The van der Waals surface area contributed by atoms with Crippen molar-refractivity contribution in [1.82, 2.24) is 4.31 Å². The minimum atomic E-state index is -3.67. The van der Waals surface area contributed by atoms with E-state index in [-0.39, 0.29) is 10.5 Å². The third-order valence-corrected chi connectivity index (χ3v) is 6.54. The molecule has 0 N–H and O–H groups in total. The topological polar surface area (TPSA) is 77.5 Å². The number of carbonyl (C=O) groups is 1. The van der Waals surface area contributed by atoms with Crippen molar-refractivity contribution >= 4 is 16.0 Å². The highest BCUT2D eigenvalue weighted by Crippen LogP contribution is 2.26. The van der Waals surface area contributed by atoms with Gasteiger partial charge >= 0.3 is 0 Å². The minimum Gasteiger partial charge on any atom is -0.545 e. The summed E-state index contributed by atoms with van der Waals surface area (Å²) in [7, 11) is -3.67. The number of carboxylic acid groups (broad SMARTS) is 1. The molecule has 0 radical (unpaired) electrons. The lowest BCUT2D eigenvalue weighted by atomic mass is 9.91. The summed E-state index contributed by atoms with van der Waals surface area (Å²) < 4.78 is 26.9. The SMILES string of the molecule is O=C([O-])c1cccc(S(=O)(=O)N2CCC(Cc3ccccc3)CC2)c1. The highest BCUT2D eigenvalue weighted by molar-refractivity contribution is 7.89. The Morgan fingerprint density at radius 2 is 1.72 bits per heavy atom. The van der Waals surface area contributed by atoms with Gasteiger partial charge in [-0.25, -0.2) is 8.42 Å². The number of carboxylic acids is 1. The first-order valence-corrected chi connectivity index (χ1v) is 9.76. The first-order valence-electron chi connectivity index (χ1n) is 8.32. The Hall–Kier alpha value is -2.18. The second-order valence-corrected chi connectivity index (χ2v) is 8.29. The minimum absolute atomic E-state index is 0.00992. The van der Waals surface area contributed by atoms with Crippen LogP contribution in [0.1, 0.15) is 28.8 Å². The molecular weight excluding hydrogens is 338 g/mol. The summed E-state index contributed by atoms with van der Waals surface area (Å²) in [6, 6.07) is 15.6. The molecule has 0 amide bonds. The fourth-order valence-corrected chi connectivity index (χ4v) is 4.75. The molecule has 0 spiro atoms. The lowest BCUT2D eigenvalue weighted by Crippen LogP contribution is -2.39. The first-order chi connectivity index (χ1) is 12.0. The quantitative estimate of drug-likeness (QED) is 0.815. The molecule has 0 bridgehead atoms. The molecule has 6 heteroatoms. The number of sulfonamides is 1. The van der Waals surface area contributed by atoms with Crippen LogP contribution in [0.15, 0.2) is 59.5 Å². The van der Waals surface area contributed by atoms with E-state index in [1.165, 1.54) is 34.1 Å². The van der Waals surface area contributed by atoms with Crippen LogP contribution in [-0.2, 0) is 16.4 Å². The molecule has 1 fully saturated rings. The zero-order chi connectivity index (χ0) is 17.9. The highest BCUT2D eigenvalue weighted by atomic mass is 32.2. The molecule has 1 aliphatic heterocycles. The van der Waals surface area contributed by atoms with Gasteiger partial charge in [0.2, 0.25) is 10.0 Å². The molecule has 2 aromatic rings. The number of nitrogens with zero attached hydrogens (tertiary/aromatic N) is 1. The van der Waals surface area contributed by atoms with Crippen molar-refractivity contribution in [3.8, 4) is 0 Å². The highest BCUT2D eigenvalue weighted by Gasteiger charge is 2.29. The fraction of sp³-hybridized carbons (Fsp3) is 0.316. The van der Waals surface area contributed by atoms with Gasteiger partial charge in [0.05, 0.1) is 10.9 Å². The third-order valence-electron chi connectivity index (χ3n) is 4.65. The summed E-state index contributed by atoms with van der Waals surface area (Å²) in [4.78, 5) is 11.0. The molecule has 1 aliphatic rings. The molecule has 1 saturated heterocycles. The maximum atomic E-state index is 12.7. The van der Waals surface area contributed by atoms with Crippen molar-refractivity contribution in [3.05, 3.63) is 65.7 Å². The predicted molar refractivity (Wildman–Crippen MR) is 92.4 cm³/mol. The Kier molecular flexibility index (Phi) is 5.20. The van der Waals surface area contributed by atoms with E-state index in [1.54, 1.807) is 0 Å². The molecule has 0 saturated carbocycles. The van der Waals surface area contributed by atoms with E-state index in [2.05, 4.69) is 12.1 Å². The van der Waals surface area contributed by atoms with Gasteiger partial charge in [-0.15, -0.1) is 0 Å². The van der Waals surface area contributed by atoms with Crippen LogP contribution in [-0.4, -0.2) is 31.8 Å². The molecule has 2 aromatic carbocycles. The van der Waals surface area contributed by atoms with Crippen LogP contribution in [0.25, 0.3) is 0 Å². The number of piperidine rings is 1. The Bertz CT molecular complexity index is 841. The molecule has 25 heavy (non-hydrogen) atoms. The van der Waals surface area contributed by atoms with Gasteiger partial charge < -0.3 is 9.90 Å². The van der Waals surface area contributed by atoms with Gasteiger partial charge in [-0.2, -0.15) is 4.31 Å². The van der Waals surface area contributed by atoms with Crippen LogP contribution in [0, 0.1) is 5.92 Å². The van der Waals surface area contributed by atoms with Crippen molar-refractivity contribution < 1.29 is 18.3 Å². The standard InChI is InChI=1S/C19H21NO4S/c21-19(22)17-7-4-8-18(14-17)25(23,24)20-11-9-16(10-12-20)13-15-5-2-1-3-6-15/h1-8,14,16H,9-13H2,(H,21,22)/p-1. The van der Waals surface area contributed by atoms with E-state index in [9.17, 15) is 18.3 Å². The summed E-state index contributed by atoms with van der Waals surface area (Å²) in [5.41, 5.74) is 1.14. The van der Waals surface area contributed by atoms with Crippen molar-refractivity contribution in [2.75, 3.05) is 13.1 Å². The molecule has 132 valence electrons. The van der Waals surface area contributed by atoms with E-state index >= 15 is 0 Å². The Morgan fingerprint density at radius 3 is 2.36 bits per heavy atom. The second kappa shape index (κ2) is 7.37. The van der Waals surface area contributed by atoms with E-state index in [0.29, 0.717) is 19.0 Å². The molecular formula is C19H20NO4S-. The average molecular weight is 358 g/mol. The zero-order valence-corrected chi connectivity index (χ0v) is 14.6. The van der Waals surface area contributed by atoms with E-state index in [0.717, 1.165) is 19.3 Å². The molecule has 1 heterocycles. The number of hydrogen-bond acceptors (Lipinski definition) is 4. The number of rotatable bonds is 5. The number of carbonyl (C=O) groups excluding carboxylic acids is 1. The van der Waals surface area contributed by atoms with Crippen LogP contribution in [0.5, 0.6) is 0 Å². The van der Waals surface area contributed by atoms with Crippen LogP contribution in [0.4, 0.5) is 0 Å². The number of benzene rings is 2. The summed E-state index contributed by atoms with van der Waals surface area (Å²) in [6.45, 7) is 0.908. The van der Waals surface area contributed by atoms with Gasteiger partial charge in [-0.3, -0.25) is 0 Å². The number of aromatic carboxylic acids is 1. The van der Waals surface area contributed by atoms with Crippen LogP contribution in [0.2, 0.25) is 0 Å². The van der Waals surface area contributed by atoms with Gasteiger partial charge in [0.25, 0.3) is 0 Å². The van der Waals surface area contributed by atoms with Crippen molar-refractivity contribution in [3.63, 3.8) is 0 Å². The Balaban J connectivity index is 1.67. The lowest BCUT2D eigenvalue weighted by molar-refractivity contribution is -0.255. The number of hydrogen-bond donors (Lipinski definition) is 0. The average Bonchev–Trinajstić information content (AvgIpc) is 2.63. The molecule has 0 aliphatic carbocycles. The van der Waals surface area contributed by atoms with E-state index in [1.807, 2.05) is 18.2 Å². The van der Waals surface area contributed by atoms with E-state index in [4.69, 9.17) is 0 Å². The summed E-state index contributed by atoms with van der Waals surface area (Å²) >= 11 is 0. The smallest absolute Gasteiger partial charge is 0.243 e. The monoisotopic (exact) mass is 358 g/mol. The maximum Gasteiger partial charge on any atom is 0.243 e. The molecule has 0 aromatic heterocycles. The maximum absolute atomic E-state index is 12.7. The van der Waals surface area contributed by atoms with Gasteiger partial charge in [0.15, 0.2) is 0 Å². The normalized spacial score (nSPS) is 16.6. The second-order valence-electron chi connectivity index (χ2n) is 6.35. The lowest BCUT2D eigenvalue weighted by Gasteiger charge is -2.31. The first kappa shape index (κ1) is 17.6. The summed E-state index contributed by atoms with van der Waals surface area (Å²) in [6.07, 6.45) is 2.55. The predicted octanol–water partition coefficient (Wildman–Crippen LogP) is 1.69. The third kappa shape index (κ3) is 4.08. The van der Waals surface area contributed by atoms with Gasteiger partial charge in [-0.05, 0) is 48.4 Å². The van der Waals surface area contributed by atoms with Crippen molar-refractivity contribution in [1.29, 1.82) is 0 Å². The van der Waals surface area contributed by atoms with Gasteiger partial charge in [0, 0.05) is 13.1 Å².